The molecule has 0 amide bonds. The SMILES string of the molecule is Cc1cccc(N(c2ccc(C3(c4ccc(N(c5cccc(C)c5)c5ccc(C)c(C)c5)cc4)c4ccccc4-c4ccccc43)cc2)c2ccc(C)c(C)c2)c1. The van der Waals surface area contributed by atoms with Crippen molar-refractivity contribution in [2.24, 2.45) is 0 Å². The minimum Gasteiger partial charge on any atom is -0.310 e. The molecule has 9 rings (SSSR count). The molecule has 57 heavy (non-hydrogen) atoms. The first-order valence-electron chi connectivity index (χ1n) is 20.0. The van der Waals surface area contributed by atoms with E-state index in [1.54, 1.807) is 0 Å². The van der Waals surface area contributed by atoms with Crippen molar-refractivity contribution in [2.75, 3.05) is 9.80 Å². The molecule has 8 aromatic carbocycles. The van der Waals surface area contributed by atoms with Crippen molar-refractivity contribution in [1.29, 1.82) is 0 Å². The van der Waals surface area contributed by atoms with E-state index >= 15 is 0 Å². The molecule has 0 radical (unpaired) electrons. The number of hydrogen-bond donors (Lipinski definition) is 0. The van der Waals surface area contributed by atoms with Gasteiger partial charge in [-0.2, -0.15) is 0 Å². The Kier molecular flexibility index (Phi) is 9.14. The molecule has 8 aromatic rings. The second kappa shape index (κ2) is 14.5. The summed E-state index contributed by atoms with van der Waals surface area (Å²) in [5.74, 6) is 0. The monoisotopic (exact) mass is 736 g/mol. The normalized spacial score (nSPS) is 12.5. The summed E-state index contributed by atoms with van der Waals surface area (Å²) in [6.07, 6.45) is 0. The van der Waals surface area contributed by atoms with Gasteiger partial charge in [-0.25, -0.2) is 0 Å². The third-order valence-electron chi connectivity index (χ3n) is 12.1. The molecule has 0 bridgehead atoms. The fourth-order valence-corrected chi connectivity index (χ4v) is 8.90. The maximum Gasteiger partial charge on any atom is 0.0713 e. The van der Waals surface area contributed by atoms with E-state index in [1.807, 2.05) is 0 Å². The minimum atomic E-state index is -0.520. The first-order valence-corrected chi connectivity index (χ1v) is 20.0. The van der Waals surface area contributed by atoms with Crippen LogP contribution in [0.3, 0.4) is 0 Å². The zero-order valence-electron chi connectivity index (χ0n) is 33.7. The Morgan fingerprint density at radius 3 is 1.05 bits per heavy atom. The van der Waals surface area contributed by atoms with Crippen LogP contribution in [0.2, 0.25) is 0 Å². The number of hydrogen-bond acceptors (Lipinski definition) is 2. The lowest BCUT2D eigenvalue weighted by molar-refractivity contribution is 0.768. The molecule has 0 heterocycles. The lowest BCUT2D eigenvalue weighted by atomic mass is 9.67. The lowest BCUT2D eigenvalue weighted by Gasteiger charge is -2.35. The summed E-state index contributed by atoms with van der Waals surface area (Å²) in [5.41, 5.74) is 21.6. The van der Waals surface area contributed by atoms with Gasteiger partial charge in [-0.1, -0.05) is 109 Å². The second-order valence-corrected chi connectivity index (χ2v) is 15.8. The average Bonchev–Trinajstić information content (AvgIpc) is 3.52. The molecule has 278 valence electrons. The van der Waals surface area contributed by atoms with Crippen molar-refractivity contribution < 1.29 is 0 Å². The summed E-state index contributed by atoms with van der Waals surface area (Å²) in [5, 5.41) is 0. The zero-order chi connectivity index (χ0) is 39.3. The van der Waals surface area contributed by atoms with Gasteiger partial charge in [-0.3, -0.25) is 0 Å². The Labute approximate surface area is 338 Å². The smallest absolute Gasteiger partial charge is 0.0713 e. The standard InChI is InChI=1S/C55H48N2/c1-37-13-11-15-47(33-37)56(49-27-21-39(3)41(5)35-49)45-29-23-43(24-30-45)55(53-19-9-7-17-51(53)52-18-8-10-20-54(52)55)44-25-31-46(32-26-44)57(48-16-12-14-38(2)34-48)50-28-22-40(4)42(6)36-50/h7-36H,1-6H3. The van der Waals surface area contributed by atoms with Gasteiger partial charge in [0.05, 0.1) is 5.41 Å². The fraction of sp³-hybridized carbons (Fsp3) is 0.127. The molecule has 0 aliphatic heterocycles. The number of rotatable bonds is 8. The van der Waals surface area contributed by atoms with E-state index in [4.69, 9.17) is 0 Å². The van der Waals surface area contributed by atoms with Gasteiger partial charge in [0.1, 0.15) is 0 Å². The van der Waals surface area contributed by atoms with Crippen molar-refractivity contribution >= 4 is 34.1 Å². The number of benzene rings is 8. The van der Waals surface area contributed by atoms with Crippen molar-refractivity contribution in [3.8, 4) is 11.1 Å². The summed E-state index contributed by atoms with van der Waals surface area (Å²) in [6, 6.07) is 67.8. The van der Waals surface area contributed by atoms with Gasteiger partial charge >= 0.3 is 0 Å². The van der Waals surface area contributed by atoms with Crippen LogP contribution < -0.4 is 9.80 Å². The predicted octanol–water partition coefficient (Wildman–Crippen LogP) is 14.8. The maximum absolute atomic E-state index is 2.38. The van der Waals surface area contributed by atoms with Crippen LogP contribution in [0.4, 0.5) is 34.1 Å². The molecule has 0 unspecified atom stereocenters. The molecular formula is C55H48N2. The number of aryl methyl sites for hydroxylation is 6. The van der Waals surface area contributed by atoms with E-state index in [1.165, 1.54) is 66.8 Å². The highest BCUT2D eigenvalue weighted by atomic mass is 15.1. The van der Waals surface area contributed by atoms with Crippen molar-refractivity contribution in [3.05, 3.63) is 238 Å². The molecule has 0 fully saturated rings. The van der Waals surface area contributed by atoms with Gasteiger partial charge in [0.2, 0.25) is 0 Å². The first kappa shape index (κ1) is 36.0. The van der Waals surface area contributed by atoms with Crippen LogP contribution in [0.5, 0.6) is 0 Å². The largest absolute Gasteiger partial charge is 0.310 e. The number of fused-ring (bicyclic) bond motifs is 3. The molecule has 0 N–H and O–H groups in total. The van der Waals surface area contributed by atoms with E-state index < -0.39 is 5.41 Å². The molecular weight excluding hydrogens is 689 g/mol. The lowest BCUT2D eigenvalue weighted by Crippen LogP contribution is -2.28. The Bertz CT molecular complexity index is 2560. The van der Waals surface area contributed by atoms with Crippen LogP contribution >= 0.6 is 0 Å². The van der Waals surface area contributed by atoms with Gasteiger partial charge in [-0.15, -0.1) is 0 Å². The van der Waals surface area contributed by atoms with Gasteiger partial charge < -0.3 is 9.80 Å². The van der Waals surface area contributed by atoms with E-state index in [9.17, 15) is 0 Å². The summed E-state index contributed by atoms with van der Waals surface area (Å²) < 4.78 is 0. The molecule has 1 aliphatic rings. The van der Waals surface area contributed by atoms with Crippen LogP contribution in [0.15, 0.2) is 182 Å². The molecule has 2 nitrogen and oxygen atoms in total. The van der Waals surface area contributed by atoms with Crippen molar-refractivity contribution in [1.82, 2.24) is 0 Å². The quantitative estimate of drug-likeness (QED) is 0.153. The van der Waals surface area contributed by atoms with E-state index in [0.29, 0.717) is 0 Å². The van der Waals surface area contributed by atoms with Crippen LogP contribution in [-0.2, 0) is 5.41 Å². The highest BCUT2D eigenvalue weighted by Crippen LogP contribution is 2.56. The molecule has 0 saturated carbocycles. The zero-order valence-corrected chi connectivity index (χ0v) is 33.7. The molecule has 0 saturated heterocycles. The summed E-state index contributed by atoms with van der Waals surface area (Å²) in [6.45, 7) is 13.1. The van der Waals surface area contributed by atoms with E-state index in [2.05, 4.69) is 233 Å². The molecule has 0 atom stereocenters. The fourth-order valence-electron chi connectivity index (χ4n) is 8.90. The summed E-state index contributed by atoms with van der Waals surface area (Å²) in [4.78, 5) is 4.77. The summed E-state index contributed by atoms with van der Waals surface area (Å²) >= 11 is 0. The Hall–Kier alpha value is -6.64. The Morgan fingerprint density at radius 2 is 0.667 bits per heavy atom. The van der Waals surface area contributed by atoms with Gasteiger partial charge in [0.15, 0.2) is 0 Å². The van der Waals surface area contributed by atoms with Crippen LogP contribution in [0.1, 0.15) is 55.6 Å². The van der Waals surface area contributed by atoms with Gasteiger partial charge in [-0.05, 0) is 181 Å². The molecule has 0 aromatic heterocycles. The molecule has 2 heteroatoms. The minimum absolute atomic E-state index is 0.520. The highest BCUT2D eigenvalue weighted by molar-refractivity contribution is 5.87. The van der Waals surface area contributed by atoms with Crippen molar-refractivity contribution in [2.45, 2.75) is 47.0 Å². The van der Waals surface area contributed by atoms with E-state index in [-0.39, 0.29) is 0 Å². The predicted molar refractivity (Wildman–Crippen MR) is 242 cm³/mol. The van der Waals surface area contributed by atoms with Crippen molar-refractivity contribution in [3.63, 3.8) is 0 Å². The van der Waals surface area contributed by atoms with E-state index in [0.717, 1.165) is 34.1 Å². The highest BCUT2D eigenvalue weighted by Gasteiger charge is 2.46. The Morgan fingerprint density at radius 1 is 0.298 bits per heavy atom. The third kappa shape index (κ3) is 6.23. The third-order valence-corrected chi connectivity index (χ3v) is 12.1. The van der Waals surface area contributed by atoms with Crippen LogP contribution in [0.25, 0.3) is 11.1 Å². The molecule has 0 spiro atoms. The average molecular weight is 737 g/mol. The molecule has 1 aliphatic carbocycles. The topological polar surface area (TPSA) is 6.48 Å². The van der Waals surface area contributed by atoms with Crippen LogP contribution in [0, 0.1) is 41.5 Å². The van der Waals surface area contributed by atoms with Gasteiger partial charge in [0, 0.05) is 34.1 Å². The maximum atomic E-state index is 2.38. The number of anilines is 6. The van der Waals surface area contributed by atoms with Gasteiger partial charge in [0.25, 0.3) is 0 Å². The second-order valence-electron chi connectivity index (χ2n) is 15.8. The summed E-state index contributed by atoms with van der Waals surface area (Å²) in [7, 11) is 0. The first-order chi connectivity index (χ1) is 27.7. The Balaban J connectivity index is 1.22. The number of nitrogens with zero attached hydrogens (tertiary/aromatic N) is 2. The van der Waals surface area contributed by atoms with Crippen LogP contribution in [-0.4, -0.2) is 0 Å².